The van der Waals surface area contributed by atoms with Gasteiger partial charge in [0.15, 0.2) is 0 Å². The molecule has 3 N–H and O–H groups in total. The minimum Gasteiger partial charge on any atom is -0.445 e. The Bertz CT molecular complexity index is 1580. The summed E-state index contributed by atoms with van der Waals surface area (Å²) in [6.07, 6.45) is 5.92. The molecule has 0 saturated carbocycles. The highest BCUT2D eigenvalue weighted by Crippen LogP contribution is 2.23. The molecule has 2 aromatic carbocycles. The van der Waals surface area contributed by atoms with Gasteiger partial charge in [-0.2, -0.15) is 0 Å². The zero-order valence-electron chi connectivity index (χ0n) is 27.3. The number of hydrogen-bond acceptors (Lipinski definition) is 8. The lowest BCUT2D eigenvalue weighted by Crippen LogP contribution is -2.48. The number of hydrogen-bond donors (Lipinski definition) is 3. The zero-order valence-corrected chi connectivity index (χ0v) is 28.1. The van der Waals surface area contributed by atoms with Crippen LogP contribution in [0.1, 0.15) is 76.7 Å². The number of carbonyl (C=O) groups is 2. The van der Waals surface area contributed by atoms with E-state index in [1.807, 2.05) is 13.8 Å². The number of nitrogens with one attached hydrogen (secondary N) is 2. The average molecular weight is 668 g/mol. The molecule has 0 aliphatic carbocycles. The van der Waals surface area contributed by atoms with Crippen molar-refractivity contribution >= 4 is 23.2 Å². The van der Waals surface area contributed by atoms with Gasteiger partial charge < -0.3 is 25.1 Å². The normalized spacial score (nSPS) is 12.7. The maximum atomic E-state index is 14.1. The smallest absolute Gasteiger partial charge is 0.253 e. The summed E-state index contributed by atoms with van der Waals surface area (Å²) in [5.41, 5.74) is 1.15. The van der Waals surface area contributed by atoms with Crippen LogP contribution in [0.4, 0.5) is 8.78 Å². The molecule has 4 rings (SSSR count). The van der Waals surface area contributed by atoms with Crippen molar-refractivity contribution in [2.75, 3.05) is 19.6 Å². The first-order chi connectivity index (χ1) is 22.6. The monoisotopic (exact) mass is 667 g/mol. The van der Waals surface area contributed by atoms with Gasteiger partial charge in [-0.3, -0.25) is 9.59 Å². The van der Waals surface area contributed by atoms with E-state index < -0.39 is 29.7 Å². The molecule has 9 nitrogen and oxygen atoms in total. The molecule has 2 atom stereocenters. The molecule has 0 aliphatic heterocycles. The van der Waals surface area contributed by atoms with Crippen LogP contribution < -0.4 is 10.6 Å². The Kier molecular flexibility index (Phi) is 13.1. The lowest BCUT2D eigenvalue weighted by molar-refractivity contribution is 0.0755. The minimum atomic E-state index is -1.13. The Hall–Kier alpha value is -4.00. The van der Waals surface area contributed by atoms with Gasteiger partial charge >= 0.3 is 0 Å². The predicted molar refractivity (Wildman–Crippen MR) is 178 cm³/mol. The van der Waals surface area contributed by atoms with Gasteiger partial charge in [-0.15, -0.1) is 11.3 Å². The number of aliphatic hydroxyl groups is 1. The molecule has 2 heterocycles. The van der Waals surface area contributed by atoms with Crippen molar-refractivity contribution in [1.29, 1.82) is 0 Å². The van der Waals surface area contributed by atoms with Crippen LogP contribution >= 0.6 is 11.3 Å². The third kappa shape index (κ3) is 10.5. The molecule has 0 unspecified atom stereocenters. The number of aromatic nitrogens is 2. The highest BCUT2D eigenvalue weighted by Gasteiger charge is 2.25. The van der Waals surface area contributed by atoms with Crippen molar-refractivity contribution in [2.45, 2.75) is 72.1 Å². The molecular formula is C35H43F2N5O4S. The topological polar surface area (TPSA) is 121 Å². The lowest BCUT2D eigenvalue weighted by atomic mass is 9.99. The number of amides is 2. The standard InChI is InChI=1S/C35H43F2N5O4S/c1-5-8-42(9-6-2)35(45)26-16-24(15-25(17-26)34-39-7-10-46-34)33(44)41-30(14-23-12-27(36)18-28(37)13-23)31(43)21-38-19-29-20-40-32(47-29)11-22(3)4/h7,10,12-13,15-18,20,22,30-31,38,43H,5-6,8-9,11,14,19,21H2,1-4H3,(H,41,44)/t30-,31+/m0/s1. The molecule has 0 bridgehead atoms. The summed E-state index contributed by atoms with van der Waals surface area (Å²) in [6, 6.07) is 6.88. The predicted octanol–water partition coefficient (Wildman–Crippen LogP) is 6.03. The van der Waals surface area contributed by atoms with E-state index in [4.69, 9.17) is 4.42 Å². The molecule has 0 saturated heterocycles. The van der Waals surface area contributed by atoms with Crippen molar-refractivity contribution in [3.63, 3.8) is 0 Å². The maximum Gasteiger partial charge on any atom is 0.253 e. The molecule has 47 heavy (non-hydrogen) atoms. The third-order valence-corrected chi connectivity index (χ3v) is 8.41. The molecule has 12 heteroatoms. The minimum absolute atomic E-state index is 0.0473. The van der Waals surface area contributed by atoms with Gasteiger partial charge in [-0.25, -0.2) is 18.7 Å². The number of rotatable bonds is 17. The van der Waals surface area contributed by atoms with E-state index in [2.05, 4.69) is 34.4 Å². The number of nitrogens with zero attached hydrogens (tertiary/aromatic N) is 3. The second-order valence-electron chi connectivity index (χ2n) is 12.0. The summed E-state index contributed by atoms with van der Waals surface area (Å²) in [4.78, 5) is 38.8. The van der Waals surface area contributed by atoms with Gasteiger partial charge in [0, 0.05) is 66.4 Å². The summed E-state index contributed by atoms with van der Waals surface area (Å²) in [7, 11) is 0. The van der Waals surface area contributed by atoms with Gasteiger partial charge in [0.25, 0.3) is 11.8 Å². The first kappa shape index (κ1) is 35.8. The molecule has 252 valence electrons. The number of carbonyl (C=O) groups excluding carboxylic acids is 2. The lowest BCUT2D eigenvalue weighted by Gasteiger charge is -2.25. The third-order valence-electron chi connectivity index (χ3n) is 7.39. The summed E-state index contributed by atoms with van der Waals surface area (Å²) in [6.45, 7) is 9.90. The Morgan fingerprint density at radius 1 is 0.979 bits per heavy atom. The Labute approximate surface area is 278 Å². The Balaban J connectivity index is 1.58. The number of halogens is 2. The largest absolute Gasteiger partial charge is 0.445 e. The zero-order chi connectivity index (χ0) is 33.9. The second kappa shape index (κ2) is 17.2. The first-order valence-electron chi connectivity index (χ1n) is 16.0. The summed E-state index contributed by atoms with van der Waals surface area (Å²) < 4.78 is 33.7. The van der Waals surface area contributed by atoms with Crippen LogP contribution in [-0.4, -0.2) is 63.6 Å². The van der Waals surface area contributed by atoms with Crippen molar-refractivity contribution < 1.29 is 27.9 Å². The summed E-state index contributed by atoms with van der Waals surface area (Å²) in [5.74, 6) is -1.60. The van der Waals surface area contributed by atoms with E-state index in [1.165, 1.54) is 30.7 Å². The van der Waals surface area contributed by atoms with Gasteiger partial charge in [-0.05, 0) is 61.1 Å². The fourth-order valence-electron chi connectivity index (χ4n) is 5.29. The molecule has 0 fully saturated rings. The molecular weight excluding hydrogens is 624 g/mol. The van der Waals surface area contributed by atoms with Crippen molar-refractivity contribution in [3.05, 3.63) is 93.3 Å². The highest BCUT2D eigenvalue weighted by atomic mass is 32.1. The van der Waals surface area contributed by atoms with Gasteiger partial charge in [0.05, 0.1) is 23.4 Å². The van der Waals surface area contributed by atoms with E-state index in [0.29, 0.717) is 36.7 Å². The van der Waals surface area contributed by atoms with Crippen molar-refractivity contribution in [3.8, 4) is 11.5 Å². The number of benzene rings is 2. The van der Waals surface area contributed by atoms with E-state index in [-0.39, 0.29) is 35.9 Å². The van der Waals surface area contributed by atoms with Crippen LogP contribution in [0.15, 0.2) is 59.5 Å². The van der Waals surface area contributed by atoms with Crippen molar-refractivity contribution in [2.24, 2.45) is 5.92 Å². The van der Waals surface area contributed by atoms with Crippen molar-refractivity contribution in [1.82, 2.24) is 25.5 Å². The second-order valence-corrected chi connectivity index (χ2v) is 13.2. The number of thiazole rings is 1. The van der Waals surface area contributed by atoms with E-state index in [9.17, 15) is 23.5 Å². The summed E-state index contributed by atoms with van der Waals surface area (Å²) in [5, 5.41) is 18.4. The molecule has 2 amide bonds. The fraction of sp³-hybridized carbons (Fsp3) is 0.429. The average Bonchev–Trinajstić information content (AvgIpc) is 3.72. The Morgan fingerprint density at radius 2 is 1.68 bits per heavy atom. The van der Waals surface area contributed by atoms with E-state index in [0.717, 1.165) is 35.2 Å². The van der Waals surface area contributed by atoms with Crippen LogP contribution in [0.3, 0.4) is 0 Å². The molecule has 0 aliphatic rings. The molecule has 0 spiro atoms. The van der Waals surface area contributed by atoms with E-state index in [1.54, 1.807) is 34.6 Å². The van der Waals surface area contributed by atoms with E-state index >= 15 is 0 Å². The first-order valence-corrected chi connectivity index (χ1v) is 16.8. The number of oxazole rings is 1. The fourth-order valence-corrected chi connectivity index (χ4v) is 6.39. The van der Waals surface area contributed by atoms with Crippen LogP contribution in [0.5, 0.6) is 0 Å². The van der Waals surface area contributed by atoms with Gasteiger partial charge in [-0.1, -0.05) is 27.7 Å². The van der Waals surface area contributed by atoms with Crippen LogP contribution in [0, 0.1) is 17.6 Å². The van der Waals surface area contributed by atoms with Gasteiger partial charge in [0.2, 0.25) is 5.89 Å². The Morgan fingerprint density at radius 3 is 2.32 bits per heavy atom. The molecule has 0 radical (unpaired) electrons. The number of aliphatic hydroxyl groups excluding tert-OH is 1. The van der Waals surface area contributed by atoms with Gasteiger partial charge in [0.1, 0.15) is 17.9 Å². The molecule has 4 aromatic rings. The van der Waals surface area contributed by atoms with Crippen LogP contribution in [-0.2, 0) is 19.4 Å². The molecule has 2 aromatic heterocycles. The van der Waals surface area contributed by atoms with Crippen LogP contribution in [0.25, 0.3) is 11.5 Å². The van der Waals surface area contributed by atoms with Crippen LogP contribution in [0.2, 0.25) is 0 Å². The quantitative estimate of drug-likeness (QED) is 0.126. The maximum absolute atomic E-state index is 14.1. The highest BCUT2D eigenvalue weighted by molar-refractivity contribution is 7.11. The summed E-state index contributed by atoms with van der Waals surface area (Å²) >= 11 is 1.59. The SMILES string of the molecule is CCCN(CCC)C(=O)c1cc(C(=O)N[C@@H](Cc2cc(F)cc(F)c2)[C@H](O)CNCc2cnc(CC(C)C)s2)cc(-c2ncco2)c1.